The van der Waals surface area contributed by atoms with Crippen LogP contribution in [0.1, 0.15) is 32.1 Å². The molecule has 108 valence electrons. The molecule has 2 heterocycles. The molecule has 2 N–H and O–H groups in total. The molecule has 1 unspecified atom stereocenters. The largest absolute Gasteiger partial charge is 0.481 e. The summed E-state index contributed by atoms with van der Waals surface area (Å²) in [6.07, 6.45) is 3.96. The number of hydrogen-bond donors (Lipinski definition) is 2. The Bertz CT molecular complexity index is 335. The molecule has 0 radical (unpaired) electrons. The van der Waals surface area contributed by atoms with Crippen LogP contribution in [0, 0.1) is 0 Å². The number of nitrogens with zero attached hydrogens (tertiary/aromatic N) is 2. The first kappa shape index (κ1) is 14.1. The van der Waals surface area contributed by atoms with Crippen molar-refractivity contribution in [1.29, 1.82) is 0 Å². The molecule has 2 saturated heterocycles. The second kappa shape index (κ2) is 6.75. The minimum Gasteiger partial charge on any atom is -0.481 e. The van der Waals surface area contributed by atoms with Crippen molar-refractivity contribution < 1.29 is 14.7 Å². The number of hydrogen-bond acceptors (Lipinski definition) is 3. The third kappa shape index (κ3) is 4.09. The maximum Gasteiger partial charge on any atom is 0.317 e. The van der Waals surface area contributed by atoms with Crippen molar-refractivity contribution in [3.63, 3.8) is 0 Å². The highest BCUT2D eigenvalue weighted by molar-refractivity contribution is 5.74. The third-order valence-corrected chi connectivity index (χ3v) is 3.97. The van der Waals surface area contributed by atoms with E-state index in [0.717, 1.165) is 26.1 Å². The monoisotopic (exact) mass is 269 g/mol. The smallest absolute Gasteiger partial charge is 0.317 e. The van der Waals surface area contributed by atoms with Gasteiger partial charge in [0.15, 0.2) is 0 Å². The average molecular weight is 269 g/mol. The van der Waals surface area contributed by atoms with Crippen LogP contribution in [0.4, 0.5) is 4.79 Å². The van der Waals surface area contributed by atoms with Gasteiger partial charge >= 0.3 is 12.0 Å². The van der Waals surface area contributed by atoms with Crippen molar-refractivity contribution in [1.82, 2.24) is 15.1 Å². The molecule has 0 aromatic carbocycles. The number of piperazine rings is 1. The summed E-state index contributed by atoms with van der Waals surface area (Å²) in [4.78, 5) is 26.7. The minimum atomic E-state index is -0.774. The lowest BCUT2D eigenvalue weighted by Gasteiger charge is -2.37. The van der Waals surface area contributed by atoms with Gasteiger partial charge in [-0.05, 0) is 32.2 Å². The van der Waals surface area contributed by atoms with Crippen LogP contribution in [0.5, 0.6) is 0 Å². The van der Waals surface area contributed by atoms with Gasteiger partial charge in [0.05, 0.1) is 0 Å². The number of carbonyl (C=O) groups is 2. The van der Waals surface area contributed by atoms with Gasteiger partial charge in [-0.25, -0.2) is 4.79 Å². The lowest BCUT2D eigenvalue weighted by atomic mass is 10.1. The SMILES string of the molecule is O=C(O)CCCCNC(=O)N1CCN2CCCC2C1. The van der Waals surface area contributed by atoms with Crippen molar-refractivity contribution in [3.05, 3.63) is 0 Å². The number of nitrogens with one attached hydrogen (secondary N) is 1. The standard InChI is InChI=1S/C13H23N3O3/c17-12(18)5-1-2-6-14-13(19)16-9-8-15-7-3-4-11(15)10-16/h11H,1-10H2,(H,14,19)(H,17,18). The van der Waals surface area contributed by atoms with Gasteiger partial charge < -0.3 is 15.3 Å². The lowest BCUT2D eigenvalue weighted by Crippen LogP contribution is -2.54. The minimum absolute atomic E-state index is 0.00174. The van der Waals surface area contributed by atoms with E-state index in [1.807, 2.05) is 4.90 Å². The van der Waals surface area contributed by atoms with E-state index in [1.54, 1.807) is 0 Å². The topological polar surface area (TPSA) is 72.9 Å². The Morgan fingerprint density at radius 2 is 2.05 bits per heavy atom. The van der Waals surface area contributed by atoms with Gasteiger partial charge in [-0.15, -0.1) is 0 Å². The molecule has 6 nitrogen and oxygen atoms in total. The summed E-state index contributed by atoms with van der Waals surface area (Å²) >= 11 is 0. The van der Waals surface area contributed by atoms with Crippen LogP contribution in [0.3, 0.4) is 0 Å². The molecule has 6 heteroatoms. The first-order chi connectivity index (χ1) is 9.16. The summed E-state index contributed by atoms with van der Waals surface area (Å²) in [7, 11) is 0. The number of urea groups is 1. The summed E-state index contributed by atoms with van der Waals surface area (Å²) in [6.45, 7) is 4.36. The highest BCUT2D eigenvalue weighted by Crippen LogP contribution is 2.21. The molecule has 0 aromatic rings. The average Bonchev–Trinajstić information content (AvgIpc) is 2.84. The fraction of sp³-hybridized carbons (Fsp3) is 0.846. The number of aliphatic carboxylic acids is 1. The number of carboxylic acids is 1. The summed E-state index contributed by atoms with van der Waals surface area (Å²) in [5.41, 5.74) is 0. The Morgan fingerprint density at radius 1 is 1.21 bits per heavy atom. The molecule has 19 heavy (non-hydrogen) atoms. The van der Waals surface area contributed by atoms with Crippen LogP contribution < -0.4 is 5.32 Å². The van der Waals surface area contributed by atoms with Crippen LogP contribution >= 0.6 is 0 Å². The van der Waals surface area contributed by atoms with Gasteiger partial charge in [0.25, 0.3) is 0 Å². The van der Waals surface area contributed by atoms with Gasteiger partial charge in [0.1, 0.15) is 0 Å². The summed E-state index contributed by atoms with van der Waals surface area (Å²) in [5.74, 6) is -0.774. The zero-order chi connectivity index (χ0) is 13.7. The van der Waals surface area contributed by atoms with Crippen molar-refractivity contribution in [2.75, 3.05) is 32.7 Å². The van der Waals surface area contributed by atoms with Crippen LogP contribution in [-0.4, -0.2) is 65.7 Å². The Balaban J connectivity index is 1.62. The first-order valence-electron chi connectivity index (χ1n) is 7.15. The molecule has 0 aliphatic carbocycles. The van der Waals surface area contributed by atoms with Crippen LogP contribution in [-0.2, 0) is 4.79 Å². The van der Waals surface area contributed by atoms with Gasteiger partial charge in [-0.3, -0.25) is 9.69 Å². The fourth-order valence-corrected chi connectivity index (χ4v) is 2.88. The van der Waals surface area contributed by atoms with Crippen LogP contribution in [0.2, 0.25) is 0 Å². The number of fused-ring (bicyclic) bond motifs is 1. The first-order valence-corrected chi connectivity index (χ1v) is 7.15. The summed E-state index contributed by atoms with van der Waals surface area (Å²) in [6, 6.07) is 0.549. The molecule has 2 rings (SSSR count). The molecule has 2 amide bonds. The number of rotatable bonds is 5. The number of unbranched alkanes of at least 4 members (excludes halogenated alkanes) is 1. The van der Waals surface area contributed by atoms with E-state index >= 15 is 0 Å². The van der Waals surface area contributed by atoms with Gasteiger partial charge in [0, 0.05) is 38.6 Å². The molecule has 0 bridgehead atoms. The van der Waals surface area contributed by atoms with E-state index in [4.69, 9.17) is 5.11 Å². The molecule has 1 atom stereocenters. The van der Waals surface area contributed by atoms with Crippen LogP contribution in [0.15, 0.2) is 0 Å². The lowest BCUT2D eigenvalue weighted by molar-refractivity contribution is -0.137. The second-order valence-corrected chi connectivity index (χ2v) is 5.36. The van der Waals surface area contributed by atoms with E-state index in [-0.39, 0.29) is 12.5 Å². The van der Waals surface area contributed by atoms with E-state index in [1.165, 1.54) is 19.4 Å². The zero-order valence-electron chi connectivity index (χ0n) is 11.3. The normalized spacial score (nSPS) is 23.2. The third-order valence-electron chi connectivity index (χ3n) is 3.97. The quantitative estimate of drug-likeness (QED) is 0.722. The molecule has 0 spiro atoms. The number of carboxylic acid groups (broad SMARTS) is 1. The number of amides is 2. The van der Waals surface area contributed by atoms with Gasteiger partial charge in [-0.1, -0.05) is 0 Å². The van der Waals surface area contributed by atoms with E-state index in [0.29, 0.717) is 19.0 Å². The summed E-state index contributed by atoms with van der Waals surface area (Å²) < 4.78 is 0. The molecule has 2 aliphatic rings. The van der Waals surface area contributed by atoms with Gasteiger partial charge in [0.2, 0.25) is 0 Å². The Hall–Kier alpha value is -1.30. The van der Waals surface area contributed by atoms with Crippen molar-refractivity contribution in [3.8, 4) is 0 Å². The predicted octanol–water partition coefficient (Wildman–Crippen LogP) is 0.731. The fourth-order valence-electron chi connectivity index (χ4n) is 2.88. The summed E-state index contributed by atoms with van der Waals surface area (Å²) in [5, 5.41) is 11.4. The van der Waals surface area contributed by atoms with Crippen molar-refractivity contribution in [2.45, 2.75) is 38.1 Å². The molecule has 0 aromatic heterocycles. The van der Waals surface area contributed by atoms with Crippen LogP contribution in [0.25, 0.3) is 0 Å². The van der Waals surface area contributed by atoms with Crippen molar-refractivity contribution in [2.24, 2.45) is 0 Å². The maximum absolute atomic E-state index is 12.0. The Kier molecular flexibility index (Phi) is 5.01. The molecular formula is C13H23N3O3. The molecule has 0 saturated carbocycles. The van der Waals surface area contributed by atoms with Crippen molar-refractivity contribution >= 4 is 12.0 Å². The predicted molar refractivity (Wildman–Crippen MR) is 71.1 cm³/mol. The zero-order valence-corrected chi connectivity index (χ0v) is 11.3. The van der Waals surface area contributed by atoms with E-state index < -0.39 is 5.97 Å². The van der Waals surface area contributed by atoms with E-state index in [2.05, 4.69) is 10.2 Å². The highest BCUT2D eigenvalue weighted by Gasteiger charge is 2.32. The molecule has 2 aliphatic heterocycles. The molecular weight excluding hydrogens is 246 g/mol. The maximum atomic E-state index is 12.0. The Morgan fingerprint density at radius 3 is 2.84 bits per heavy atom. The highest BCUT2D eigenvalue weighted by atomic mass is 16.4. The number of carbonyl (C=O) groups excluding carboxylic acids is 1. The van der Waals surface area contributed by atoms with Gasteiger partial charge in [-0.2, -0.15) is 0 Å². The second-order valence-electron chi connectivity index (χ2n) is 5.36. The molecule has 2 fully saturated rings. The van der Waals surface area contributed by atoms with E-state index in [9.17, 15) is 9.59 Å². The Labute approximate surface area is 113 Å².